The number of thioether (sulfide) groups is 1. The summed E-state index contributed by atoms with van der Waals surface area (Å²) in [6, 6.07) is 14.4. The van der Waals surface area contributed by atoms with Crippen LogP contribution in [0.1, 0.15) is 18.6 Å². The summed E-state index contributed by atoms with van der Waals surface area (Å²) in [6.07, 6.45) is 4.71. The Morgan fingerprint density at radius 2 is 2.03 bits per heavy atom. The van der Waals surface area contributed by atoms with Gasteiger partial charge in [-0.3, -0.25) is 4.99 Å². The Hall–Kier alpha value is -1.96. The van der Waals surface area contributed by atoms with Crippen molar-refractivity contribution in [2.24, 2.45) is 4.99 Å². The number of rotatable bonds is 12. The Bertz CT molecular complexity index is 689. The first-order chi connectivity index (χ1) is 14.4. The Kier molecular flexibility index (Phi) is 9.97. The van der Waals surface area contributed by atoms with Gasteiger partial charge in [0, 0.05) is 49.9 Å². The highest BCUT2D eigenvalue weighted by molar-refractivity contribution is 7.99. The zero-order chi connectivity index (χ0) is 20.0. The molecule has 3 rings (SSSR count). The molecule has 1 saturated heterocycles. The maximum atomic E-state index is 5.81. The standard InChI is InChI=1S/C22H31N3O3S/c1-2-7-21(8-3-1)29-17-13-25-22(24-12-9-19-6-4-14-27-19)23-11-5-15-28-20-10-16-26-18-20/h1-4,6-8,14,20H,5,9-13,15-18H2,(H2,23,24,25). The summed E-state index contributed by atoms with van der Waals surface area (Å²) in [4.78, 5) is 5.98. The fourth-order valence-corrected chi connectivity index (χ4v) is 3.73. The molecule has 2 N–H and O–H groups in total. The number of hydrogen-bond acceptors (Lipinski definition) is 5. The molecule has 1 fully saturated rings. The van der Waals surface area contributed by atoms with E-state index in [1.807, 2.05) is 30.0 Å². The van der Waals surface area contributed by atoms with E-state index in [9.17, 15) is 0 Å². The maximum absolute atomic E-state index is 5.81. The minimum Gasteiger partial charge on any atom is -0.469 e. The molecule has 0 radical (unpaired) electrons. The summed E-state index contributed by atoms with van der Waals surface area (Å²) >= 11 is 1.84. The largest absolute Gasteiger partial charge is 0.469 e. The van der Waals surface area contributed by atoms with E-state index in [-0.39, 0.29) is 6.10 Å². The molecule has 0 spiro atoms. The first-order valence-electron chi connectivity index (χ1n) is 10.3. The minimum absolute atomic E-state index is 0.262. The lowest BCUT2D eigenvalue weighted by Gasteiger charge is -2.13. The Labute approximate surface area is 177 Å². The van der Waals surface area contributed by atoms with E-state index in [0.717, 1.165) is 76.2 Å². The second kappa shape index (κ2) is 13.3. The van der Waals surface area contributed by atoms with Gasteiger partial charge >= 0.3 is 0 Å². The lowest BCUT2D eigenvalue weighted by molar-refractivity contribution is 0.0424. The predicted molar refractivity (Wildman–Crippen MR) is 118 cm³/mol. The third-order valence-electron chi connectivity index (χ3n) is 4.46. The molecule has 6 nitrogen and oxygen atoms in total. The number of benzene rings is 1. The van der Waals surface area contributed by atoms with Crippen LogP contribution in [0.2, 0.25) is 0 Å². The van der Waals surface area contributed by atoms with Crippen LogP contribution in [0.3, 0.4) is 0 Å². The van der Waals surface area contributed by atoms with Crippen molar-refractivity contribution in [3.8, 4) is 0 Å². The van der Waals surface area contributed by atoms with E-state index in [4.69, 9.17) is 18.9 Å². The summed E-state index contributed by atoms with van der Waals surface area (Å²) in [7, 11) is 0. The molecule has 0 bridgehead atoms. The molecule has 29 heavy (non-hydrogen) atoms. The van der Waals surface area contributed by atoms with Crippen LogP contribution in [0.5, 0.6) is 0 Å². The molecule has 2 aromatic rings. The van der Waals surface area contributed by atoms with Crippen molar-refractivity contribution in [2.75, 3.05) is 45.2 Å². The normalized spacial score (nSPS) is 16.8. The van der Waals surface area contributed by atoms with Gasteiger partial charge in [-0.1, -0.05) is 18.2 Å². The van der Waals surface area contributed by atoms with Crippen molar-refractivity contribution >= 4 is 17.7 Å². The molecule has 1 aliphatic rings. The minimum atomic E-state index is 0.262. The summed E-state index contributed by atoms with van der Waals surface area (Å²) in [5, 5.41) is 6.83. The van der Waals surface area contributed by atoms with Gasteiger partial charge in [-0.15, -0.1) is 11.8 Å². The van der Waals surface area contributed by atoms with E-state index in [1.165, 1.54) is 4.90 Å². The van der Waals surface area contributed by atoms with Crippen molar-refractivity contribution in [1.82, 2.24) is 10.6 Å². The molecular weight excluding hydrogens is 386 g/mol. The van der Waals surface area contributed by atoms with Crippen molar-refractivity contribution in [3.63, 3.8) is 0 Å². The number of furan rings is 1. The van der Waals surface area contributed by atoms with Gasteiger partial charge in [0.2, 0.25) is 0 Å². The van der Waals surface area contributed by atoms with Crippen molar-refractivity contribution in [3.05, 3.63) is 54.5 Å². The van der Waals surface area contributed by atoms with Gasteiger partial charge < -0.3 is 24.5 Å². The molecule has 0 amide bonds. The van der Waals surface area contributed by atoms with Crippen LogP contribution in [-0.4, -0.2) is 57.3 Å². The Balaban J connectivity index is 1.36. The highest BCUT2D eigenvalue weighted by Crippen LogP contribution is 2.15. The van der Waals surface area contributed by atoms with Gasteiger partial charge in [0.1, 0.15) is 5.76 Å². The van der Waals surface area contributed by atoms with Gasteiger partial charge in [-0.2, -0.15) is 0 Å². The van der Waals surface area contributed by atoms with E-state index in [2.05, 4.69) is 34.9 Å². The second-order valence-corrected chi connectivity index (χ2v) is 7.95. The van der Waals surface area contributed by atoms with Crippen molar-refractivity contribution < 1.29 is 13.9 Å². The molecule has 1 aromatic heterocycles. The van der Waals surface area contributed by atoms with Crippen LogP contribution in [0.25, 0.3) is 0 Å². The quantitative estimate of drug-likeness (QED) is 0.239. The van der Waals surface area contributed by atoms with Gasteiger partial charge in [0.05, 0.1) is 19.0 Å². The summed E-state index contributed by atoms with van der Waals surface area (Å²) in [6.45, 7) is 4.63. The van der Waals surface area contributed by atoms with E-state index >= 15 is 0 Å². The first-order valence-corrected chi connectivity index (χ1v) is 11.3. The lowest BCUT2D eigenvalue weighted by atomic mass is 10.3. The SMILES string of the molecule is c1ccc(SCCNC(=NCCCOC2CCOC2)NCCc2ccco2)cc1. The van der Waals surface area contributed by atoms with Crippen LogP contribution >= 0.6 is 11.8 Å². The molecule has 158 valence electrons. The summed E-state index contributed by atoms with van der Waals surface area (Å²) in [5.74, 6) is 2.80. The molecule has 2 heterocycles. The molecule has 1 aliphatic heterocycles. The molecule has 7 heteroatoms. The van der Waals surface area contributed by atoms with Gasteiger partial charge in [0.25, 0.3) is 0 Å². The molecule has 1 atom stereocenters. The molecule has 1 unspecified atom stereocenters. The number of nitrogens with zero attached hydrogens (tertiary/aromatic N) is 1. The Morgan fingerprint density at radius 1 is 1.14 bits per heavy atom. The van der Waals surface area contributed by atoms with Gasteiger partial charge in [-0.25, -0.2) is 0 Å². The number of nitrogens with one attached hydrogen (secondary N) is 2. The average molecular weight is 418 g/mol. The Morgan fingerprint density at radius 3 is 2.83 bits per heavy atom. The lowest BCUT2D eigenvalue weighted by Crippen LogP contribution is -2.39. The monoisotopic (exact) mass is 417 g/mol. The van der Waals surface area contributed by atoms with Crippen LogP contribution < -0.4 is 10.6 Å². The van der Waals surface area contributed by atoms with E-state index in [0.29, 0.717) is 0 Å². The second-order valence-electron chi connectivity index (χ2n) is 6.78. The van der Waals surface area contributed by atoms with Crippen molar-refractivity contribution in [1.29, 1.82) is 0 Å². The fourth-order valence-electron chi connectivity index (χ4n) is 2.94. The topological polar surface area (TPSA) is 68.0 Å². The number of hydrogen-bond donors (Lipinski definition) is 2. The fraction of sp³-hybridized carbons (Fsp3) is 0.500. The number of guanidine groups is 1. The number of ether oxygens (including phenoxy) is 2. The van der Waals surface area contributed by atoms with E-state index in [1.54, 1.807) is 6.26 Å². The molecular formula is C22H31N3O3S. The predicted octanol–water partition coefficient (Wildman–Crippen LogP) is 3.35. The highest BCUT2D eigenvalue weighted by atomic mass is 32.2. The molecule has 0 aliphatic carbocycles. The molecule has 1 aromatic carbocycles. The smallest absolute Gasteiger partial charge is 0.191 e. The molecule has 0 saturated carbocycles. The van der Waals surface area contributed by atoms with Crippen LogP contribution in [0.15, 0.2) is 63.0 Å². The number of aliphatic imine (C=N–C) groups is 1. The van der Waals surface area contributed by atoms with Crippen LogP contribution in [0.4, 0.5) is 0 Å². The summed E-state index contributed by atoms with van der Waals surface area (Å²) < 4.78 is 16.5. The van der Waals surface area contributed by atoms with Gasteiger partial charge in [-0.05, 0) is 37.1 Å². The van der Waals surface area contributed by atoms with Crippen LogP contribution in [0, 0.1) is 0 Å². The summed E-state index contributed by atoms with van der Waals surface area (Å²) in [5.41, 5.74) is 0. The third-order valence-corrected chi connectivity index (χ3v) is 5.48. The van der Waals surface area contributed by atoms with Crippen molar-refractivity contribution in [2.45, 2.75) is 30.3 Å². The highest BCUT2D eigenvalue weighted by Gasteiger charge is 2.15. The first kappa shape index (κ1) is 21.7. The average Bonchev–Trinajstić information content (AvgIpc) is 3.45. The van der Waals surface area contributed by atoms with Gasteiger partial charge in [0.15, 0.2) is 5.96 Å². The third kappa shape index (κ3) is 8.94. The van der Waals surface area contributed by atoms with Crippen LogP contribution in [-0.2, 0) is 15.9 Å². The zero-order valence-electron chi connectivity index (χ0n) is 16.8. The zero-order valence-corrected chi connectivity index (χ0v) is 17.7. The maximum Gasteiger partial charge on any atom is 0.191 e. The van der Waals surface area contributed by atoms with E-state index < -0.39 is 0 Å².